The van der Waals surface area contributed by atoms with Crippen LogP contribution in [-0.2, 0) is 18.8 Å². The van der Waals surface area contributed by atoms with Crippen molar-refractivity contribution < 1.29 is 0 Å². The molecular formula is C11H20N8S. The number of aryl methyl sites for hydroxylation is 2. The molecule has 0 saturated heterocycles. The summed E-state index contributed by atoms with van der Waals surface area (Å²) in [6.45, 7) is 6.23. The molecule has 0 saturated carbocycles. The molecule has 2 aromatic rings. The molecule has 0 aliphatic carbocycles. The van der Waals surface area contributed by atoms with E-state index in [1.165, 1.54) is 0 Å². The van der Waals surface area contributed by atoms with Crippen LogP contribution in [0.3, 0.4) is 0 Å². The largest absolute Gasteiger partial charge is 0.329 e. The van der Waals surface area contributed by atoms with Crippen LogP contribution in [0.4, 0.5) is 0 Å². The van der Waals surface area contributed by atoms with Crippen molar-refractivity contribution in [1.29, 1.82) is 0 Å². The first-order valence-corrected chi connectivity index (χ1v) is 7.72. The summed E-state index contributed by atoms with van der Waals surface area (Å²) >= 11 is 1.58. The standard InChI is InChI=1S/C11H20N8S/c1-3-4-6-19-10(14-16-17-19)8-20-11-15-13-9(2)18(11)7-5-12/h3-8,12H2,1-2H3. The fourth-order valence-corrected chi connectivity index (χ4v) is 2.73. The van der Waals surface area contributed by atoms with Crippen molar-refractivity contribution in [3.8, 4) is 0 Å². The molecule has 0 spiro atoms. The van der Waals surface area contributed by atoms with Gasteiger partial charge in [0.15, 0.2) is 11.0 Å². The molecule has 0 aliphatic heterocycles. The molecule has 2 rings (SSSR count). The zero-order valence-corrected chi connectivity index (χ0v) is 12.7. The lowest BCUT2D eigenvalue weighted by Gasteiger charge is -2.06. The maximum Gasteiger partial charge on any atom is 0.191 e. The molecular weight excluding hydrogens is 276 g/mol. The van der Waals surface area contributed by atoms with E-state index in [4.69, 9.17) is 5.73 Å². The number of hydrogen-bond acceptors (Lipinski definition) is 7. The number of hydrogen-bond donors (Lipinski definition) is 1. The molecule has 110 valence electrons. The van der Waals surface area contributed by atoms with Gasteiger partial charge in [0.05, 0.1) is 5.75 Å². The summed E-state index contributed by atoms with van der Waals surface area (Å²) in [4.78, 5) is 0. The van der Waals surface area contributed by atoms with E-state index in [-0.39, 0.29) is 0 Å². The first-order valence-electron chi connectivity index (χ1n) is 6.74. The fourth-order valence-electron chi connectivity index (χ4n) is 1.79. The van der Waals surface area contributed by atoms with Gasteiger partial charge in [0.2, 0.25) is 0 Å². The van der Waals surface area contributed by atoms with Crippen LogP contribution >= 0.6 is 11.8 Å². The van der Waals surface area contributed by atoms with Gasteiger partial charge in [-0.2, -0.15) is 0 Å². The van der Waals surface area contributed by atoms with Crippen molar-refractivity contribution in [2.24, 2.45) is 5.73 Å². The lowest BCUT2D eigenvalue weighted by Crippen LogP contribution is -2.12. The van der Waals surface area contributed by atoms with Gasteiger partial charge in [0.25, 0.3) is 0 Å². The molecule has 8 nitrogen and oxygen atoms in total. The number of tetrazole rings is 1. The van der Waals surface area contributed by atoms with Crippen LogP contribution in [0.15, 0.2) is 5.16 Å². The summed E-state index contributed by atoms with van der Waals surface area (Å²) in [6.07, 6.45) is 2.20. The Labute approximate surface area is 122 Å². The fraction of sp³-hybridized carbons (Fsp3) is 0.727. The Balaban J connectivity index is 2.00. The average molecular weight is 296 g/mol. The highest BCUT2D eigenvalue weighted by atomic mass is 32.2. The highest BCUT2D eigenvalue weighted by Crippen LogP contribution is 2.20. The number of unbranched alkanes of at least 4 members (excludes halogenated alkanes) is 1. The molecule has 2 aromatic heterocycles. The summed E-state index contributed by atoms with van der Waals surface area (Å²) in [5.41, 5.74) is 5.61. The van der Waals surface area contributed by atoms with Crippen molar-refractivity contribution >= 4 is 11.8 Å². The van der Waals surface area contributed by atoms with Gasteiger partial charge < -0.3 is 10.3 Å². The Bertz CT molecular complexity index is 534. The Morgan fingerprint density at radius 1 is 1.20 bits per heavy atom. The van der Waals surface area contributed by atoms with Crippen LogP contribution in [0, 0.1) is 6.92 Å². The van der Waals surface area contributed by atoms with Crippen molar-refractivity contribution in [2.45, 2.75) is 50.7 Å². The zero-order chi connectivity index (χ0) is 14.4. The minimum atomic E-state index is 0.570. The Kier molecular flexibility index (Phi) is 5.48. The second kappa shape index (κ2) is 7.34. The van der Waals surface area contributed by atoms with Gasteiger partial charge >= 0.3 is 0 Å². The third kappa shape index (κ3) is 3.54. The zero-order valence-electron chi connectivity index (χ0n) is 11.9. The minimum absolute atomic E-state index is 0.570. The quantitative estimate of drug-likeness (QED) is 0.713. The lowest BCUT2D eigenvalue weighted by atomic mass is 10.3. The maximum atomic E-state index is 5.61. The molecule has 0 aliphatic rings. The molecule has 2 N–H and O–H groups in total. The Hall–Kier alpha value is -1.48. The highest BCUT2D eigenvalue weighted by molar-refractivity contribution is 7.98. The van der Waals surface area contributed by atoms with E-state index in [2.05, 4.69) is 32.6 Å². The molecule has 0 bridgehead atoms. The summed E-state index contributed by atoms with van der Waals surface area (Å²) in [5.74, 6) is 2.42. The van der Waals surface area contributed by atoms with Crippen molar-refractivity contribution in [3.05, 3.63) is 11.6 Å². The van der Waals surface area contributed by atoms with Crippen molar-refractivity contribution in [3.63, 3.8) is 0 Å². The maximum absolute atomic E-state index is 5.61. The van der Waals surface area contributed by atoms with E-state index in [1.54, 1.807) is 11.8 Å². The van der Waals surface area contributed by atoms with Crippen LogP contribution in [0.25, 0.3) is 0 Å². The van der Waals surface area contributed by atoms with E-state index < -0.39 is 0 Å². The van der Waals surface area contributed by atoms with E-state index >= 15 is 0 Å². The number of nitrogens with two attached hydrogens (primary N) is 1. The number of thioether (sulfide) groups is 1. The predicted molar refractivity (Wildman–Crippen MR) is 76.1 cm³/mol. The van der Waals surface area contributed by atoms with E-state index in [0.717, 1.165) is 42.7 Å². The van der Waals surface area contributed by atoms with Crippen LogP contribution in [-0.4, -0.2) is 41.5 Å². The molecule has 0 amide bonds. The van der Waals surface area contributed by atoms with Gasteiger partial charge in [0, 0.05) is 19.6 Å². The SMILES string of the molecule is CCCCn1nnnc1CSc1nnc(C)n1CCN. The van der Waals surface area contributed by atoms with Crippen molar-refractivity contribution in [1.82, 2.24) is 35.0 Å². The van der Waals surface area contributed by atoms with Crippen molar-refractivity contribution in [2.75, 3.05) is 6.54 Å². The van der Waals surface area contributed by atoms with E-state index in [9.17, 15) is 0 Å². The number of nitrogens with zero attached hydrogens (tertiary/aromatic N) is 7. The predicted octanol–water partition coefficient (Wildman–Crippen LogP) is 0.624. The second-order valence-corrected chi connectivity index (χ2v) is 5.37. The van der Waals surface area contributed by atoms with Gasteiger partial charge in [-0.25, -0.2) is 4.68 Å². The smallest absolute Gasteiger partial charge is 0.191 e. The molecule has 0 radical (unpaired) electrons. The number of rotatable bonds is 8. The first kappa shape index (κ1) is 14.9. The second-order valence-electron chi connectivity index (χ2n) is 4.43. The Morgan fingerprint density at radius 3 is 2.80 bits per heavy atom. The lowest BCUT2D eigenvalue weighted by molar-refractivity contribution is 0.540. The van der Waals surface area contributed by atoms with Gasteiger partial charge in [-0.15, -0.1) is 15.3 Å². The molecule has 0 atom stereocenters. The normalized spacial score (nSPS) is 11.2. The van der Waals surface area contributed by atoms with Crippen LogP contribution < -0.4 is 5.73 Å². The summed E-state index contributed by atoms with van der Waals surface area (Å²) in [6, 6.07) is 0. The van der Waals surface area contributed by atoms with Gasteiger partial charge in [0.1, 0.15) is 5.82 Å². The molecule has 0 aromatic carbocycles. The topological polar surface area (TPSA) is 100 Å². The average Bonchev–Trinajstić information content (AvgIpc) is 3.03. The van der Waals surface area contributed by atoms with Gasteiger partial charge in [-0.1, -0.05) is 25.1 Å². The van der Waals surface area contributed by atoms with E-state index in [1.807, 2.05) is 16.2 Å². The van der Waals surface area contributed by atoms with Crippen LogP contribution in [0.2, 0.25) is 0 Å². The molecule has 0 unspecified atom stereocenters. The molecule has 20 heavy (non-hydrogen) atoms. The first-order chi connectivity index (χ1) is 9.76. The summed E-state index contributed by atoms with van der Waals surface area (Å²) in [5, 5.41) is 20.9. The third-order valence-corrected chi connectivity index (χ3v) is 3.88. The molecule has 0 fully saturated rings. The Morgan fingerprint density at radius 2 is 2.05 bits per heavy atom. The number of aromatic nitrogens is 7. The minimum Gasteiger partial charge on any atom is -0.329 e. The van der Waals surface area contributed by atoms with Gasteiger partial charge in [-0.05, 0) is 23.8 Å². The summed E-state index contributed by atoms with van der Waals surface area (Å²) in [7, 11) is 0. The third-order valence-electron chi connectivity index (χ3n) is 2.91. The van der Waals surface area contributed by atoms with Gasteiger partial charge in [-0.3, -0.25) is 0 Å². The molecule has 2 heterocycles. The summed E-state index contributed by atoms with van der Waals surface area (Å²) < 4.78 is 3.87. The van der Waals surface area contributed by atoms with E-state index in [0.29, 0.717) is 12.3 Å². The van der Waals surface area contributed by atoms with Crippen LogP contribution in [0.5, 0.6) is 0 Å². The monoisotopic (exact) mass is 296 g/mol. The van der Waals surface area contributed by atoms with Crippen LogP contribution in [0.1, 0.15) is 31.4 Å². The molecule has 9 heteroatoms. The highest BCUT2D eigenvalue weighted by Gasteiger charge is 2.12.